The average molecular weight is 233 g/mol. The zero-order chi connectivity index (χ0) is 11.1. The Balaban J connectivity index is 2.18. The highest BCUT2D eigenvalue weighted by atomic mass is 35.5. The normalized spacial score (nSPS) is 44.9. The molecule has 0 aromatic rings. The van der Waals surface area contributed by atoms with Crippen LogP contribution in [0.2, 0.25) is 0 Å². The smallest absolute Gasteiger partial charge is 0.357 e. The third-order valence-electron chi connectivity index (χ3n) is 3.75. The van der Waals surface area contributed by atoms with Crippen LogP contribution in [0.15, 0.2) is 0 Å². The molecule has 1 heterocycles. The third kappa shape index (κ3) is 1.48. The number of halogens is 1. The molecule has 1 aliphatic carbocycles. The molecular formula is C11H17ClO3. The van der Waals surface area contributed by atoms with Gasteiger partial charge in [-0.3, -0.25) is 0 Å². The van der Waals surface area contributed by atoms with Crippen molar-refractivity contribution in [3.8, 4) is 0 Å². The van der Waals surface area contributed by atoms with Crippen LogP contribution in [0.25, 0.3) is 0 Å². The van der Waals surface area contributed by atoms with Gasteiger partial charge in [-0.15, -0.1) is 0 Å². The van der Waals surface area contributed by atoms with Crippen molar-refractivity contribution in [2.45, 2.75) is 49.7 Å². The maximum absolute atomic E-state index is 11.5. The summed E-state index contributed by atoms with van der Waals surface area (Å²) < 4.78 is 10.3. The first-order chi connectivity index (χ1) is 7.07. The Bertz CT molecular complexity index is 281. The Morgan fingerprint density at radius 3 is 2.87 bits per heavy atom. The van der Waals surface area contributed by atoms with Crippen molar-refractivity contribution in [2.24, 2.45) is 5.92 Å². The standard InChI is InChI=1S/C11H17ClO3/c1-8-6-4-3-5-7-10(8)11(12,15-10)9(13)14-2/h8H,3-7H2,1-2H3. The van der Waals surface area contributed by atoms with E-state index in [2.05, 4.69) is 6.92 Å². The molecule has 0 aromatic carbocycles. The Labute approximate surface area is 95.1 Å². The number of epoxide rings is 1. The largest absolute Gasteiger partial charge is 0.466 e. The highest BCUT2D eigenvalue weighted by Gasteiger charge is 2.76. The van der Waals surface area contributed by atoms with E-state index in [4.69, 9.17) is 21.1 Å². The van der Waals surface area contributed by atoms with E-state index in [1.165, 1.54) is 20.0 Å². The molecule has 2 fully saturated rings. The third-order valence-corrected chi connectivity index (χ3v) is 4.31. The molecule has 0 aromatic heterocycles. The molecule has 3 unspecified atom stereocenters. The van der Waals surface area contributed by atoms with Gasteiger partial charge in [-0.2, -0.15) is 0 Å². The zero-order valence-corrected chi connectivity index (χ0v) is 9.97. The van der Waals surface area contributed by atoms with E-state index in [-0.39, 0.29) is 0 Å². The fourth-order valence-electron chi connectivity index (χ4n) is 2.69. The first-order valence-electron chi connectivity index (χ1n) is 5.54. The molecule has 0 amide bonds. The first kappa shape index (κ1) is 11.2. The monoisotopic (exact) mass is 232 g/mol. The topological polar surface area (TPSA) is 38.8 Å². The lowest BCUT2D eigenvalue weighted by Gasteiger charge is -2.18. The summed E-state index contributed by atoms with van der Waals surface area (Å²) in [7, 11) is 1.35. The molecule has 0 bridgehead atoms. The van der Waals surface area contributed by atoms with Crippen LogP contribution in [-0.2, 0) is 14.3 Å². The number of hydrogen-bond donors (Lipinski definition) is 0. The minimum atomic E-state index is -1.20. The molecule has 15 heavy (non-hydrogen) atoms. The summed E-state index contributed by atoms with van der Waals surface area (Å²) in [5.41, 5.74) is -0.460. The quantitative estimate of drug-likeness (QED) is 0.396. The lowest BCUT2D eigenvalue weighted by molar-refractivity contribution is -0.143. The fraction of sp³-hybridized carbons (Fsp3) is 0.909. The van der Waals surface area contributed by atoms with Gasteiger partial charge in [0.15, 0.2) is 0 Å². The molecule has 4 heteroatoms. The van der Waals surface area contributed by atoms with E-state index in [0.29, 0.717) is 5.92 Å². The van der Waals surface area contributed by atoms with Gasteiger partial charge in [0, 0.05) is 0 Å². The van der Waals surface area contributed by atoms with Gasteiger partial charge in [0.2, 0.25) is 0 Å². The Kier molecular flexibility index (Phi) is 2.72. The molecule has 3 nitrogen and oxygen atoms in total. The molecule has 86 valence electrons. The van der Waals surface area contributed by atoms with Crippen molar-refractivity contribution in [1.29, 1.82) is 0 Å². The van der Waals surface area contributed by atoms with Gasteiger partial charge in [-0.05, 0) is 18.8 Å². The van der Waals surface area contributed by atoms with Crippen LogP contribution in [0.3, 0.4) is 0 Å². The van der Waals surface area contributed by atoms with E-state index in [9.17, 15) is 4.79 Å². The number of methoxy groups -OCH3 is 1. The summed E-state index contributed by atoms with van der Waals surface area (Å²) in [6, 6.07) is 0. The Morgan fingerprint density at radius 1 is 1.47 bits per heavy atom. The van der Waals surface area contributed by atoms with Gasteiger partial charge in [0.05, 0.1) is 7.11 Å². The van der Waals surface area contributed by atoms with Crippen molar-refractivity contribution in [3.05, 3.63) is 0 Å². The van der Waals surface area contributed by atoms with Crippen molar-refractivity contribution < 1.29 is 14.3 Å². The number of alkyl halides is 1. The van der Waals surface area contributed by atoms with Gasteiger partial charge >= 0.3 is 5.97 Å². The second kappa shape index (κ2) is 3.63. The summed E-state index contributed by atoms with van der Waals surface area (Å²) in [5, 5.41) is -1.20. The van der Waals surface area contributed by atoms with Gasteiger partial charge in [-0.25, -0.2) is 4.79 Å². The molecule has 2 aliphatic rings. The maximum Gasteiger partial charge on any atom is 0.357 e. The van der Waals surface area contributed by atoms with Gasteiger partial charge in [0.25, 0.3) is 5.06 Å². The molecule has 0 radical (unpaired) electrons. The van der Waals surface area contributed by atoms with Crippen LogP contribution in [-0.4, -0.2) is 23.7 Å². The van der Waals surface area contributed by atoms with Crippen molar-refractivity contribution in [2.75, 3.05) is 7.11 Å². The fourth-order valence-corrected chi connectivity index (χ4v) is 3.19. The lowest BCUT2D eigenvalue weighted by atomic mass is 9.86. The van der Waals surface area contributed by atoms with Crippen molar-refractivity contribution in [3.63, 3.8) is 0 Å². The maximum atomic E-state index is 11.5. The second-order valence-corrected chi connectivity index (χ2v) is 5.11. The predicted octanol–water partition coefficient (Wildman–Crippen LogP) is 2.46. The van der Waals surface area contributed by atoms with E-state index in [1.54, 1.807) is 0 Å². The first-order valence-corrected chi connectivity index (χ1v) is 5.92. The molecule has 1 saturated heterocycles. The highest BCUT2D eigenvalue weighted by Crippen LogP contribution is 2.61. The molecule has 0 N–H and O–H groups in total. The van der Waals surface area contributed by atoms with Crippen molar-refractivity contribution >= 4 is 17.6 Å². The second-order valence-electron chi connectivity index (χ2n) is 4.58. The number of carbonyl (C=O) groups excluding carboxylic acids is 1. The van der Waals surface area contributed by atoms with Crippen LogP contribution in [0, 0.1) is 5.92 Å². The number of rotatable bonds is 1. The van der Waals surface area contributed by atoms with Crippen LogP contribution >= 0.6 is 11.6 Å². The van der Waals surface area contributed by atoms with Crippen molar-refractivity contribution in [1.82, 2.24) is 0 Å². The summed E-state index contributed by atoms with van der Waals surface area (Å²) in [4.78, 5) is 11.5. The number of ether oxygens (including phenoxy) is 2. The highest BCUT2D eigenvalue weighted by molar-refractivity contribution is 6.36. The van der Waals surface area contributed by atoms with Crippen LogP contribution in [0.4, 0.5) is 0 Å². The average Bonchev–Trinajstić information content (AvgIpc) is 2.89. The van der Waals surface area contributed by atoms with Gasteiger partial charge < -0.3 is 9.47 Å². The lowest BCUT2D eigenvalue weighted by Crippen LogP contribution is -2.34. The SMILES string of the molecule is COC(=O)C1(Cl)OC12CCCCCC2C. The molecule has 1 aliphatic heterocycles. The Hall–Kier alpha value is -0.280. The predicted molar refractivity (Wildman–Crippen MR) is 56.7 cm³/mol. The van der Waals surface area contributed by atoms with E-state index < -0.39 is 16.6 Å². The van der Waals surface area contributed by atoms with E-state index in [1.807, 2.05) is 0 Å². The summed E-state index contributed by atoms with van der Waals surface area (Å²) in [6.07, 6.45) is 5.41. The molecule has 2 rings (SSSR count). The summed E-state index contributed by atoms with van der Waals surface area (Å²) in [6.45, 7) is 2.11. The van der Waals surface area contributed by atoms with E-state index in [0.717, 1.165) is 19.3 Å². The van der Waals surface area contributed by atoms with Gasteiger partial charge in [-0.1, -0.05) is 37.8 Å². The van der Waals surface area contributed by atoms with E-state index >= 15 is 0 Å². The molecular weight excluding hydrogens is 216 g/mol. The summed E-state index contributed by atoms with van der Waals surface area (Å²) >= 11 is 6.20. The van der Waals surface area contributed by atoms with Gasteiger partial charge in [0.1, 0.15) is 5.60 Å². The number of hydrogen-bond acceptors (Lipinski definition) is 3. The number of esters is 1. The molecule has 1 spiro atoms. The van der Waals surface area contributed by atoms with Crippen LogP contribution in [0.5, 0.6) is 0 Å². The molecule has 3 atom stereocenters. The zero-order valence-electron chi connectivity index (χ0n) is 9.22. The molecule has 1 saturated carbocycles. The Morgan fingerprint density at radius 2 is 2.20 bits per heavy atom. The number of carbonyl (C=O) groups is 1. The van der Waals surface area contributed by atoms with Crippen LogP contribution < -0.4 is 0 Å². The minimum absolute atomic E-state index is 0.330. The summed E-state index contributed by atoms with van der Waals surface area (Å²) in [5.74, 6) is -0.116. The minimum Gasteiger partial charge on any atom is -0.466 e. The van der Waals surface area contributed by atoms with Crippen LogP contribution in [0.1, 0.15) is 39.0 Å².